The summed E-state index contributed by atoms with van der Waals surface area (Å²) in [7, 11) is 0. The van der Waals surface area contributed by atoms with Gasteiger partial charge in [-0.2, -0.15) is 0 Å². The van der Waals surface area contributed by atoms with E-state index in [-0.39, 0.29) is 16.7 Å². The number of ether oxygens (including phenoxy) is 13. The Morgan fingerprint density at radius 3 is 1.40 bits per heavy atom. The normalized spacial score (nSPS) is 34.7. The lowest BCUT2D eigenvalue weighted by atomic mass is 9.95. The average molecular weight is 1110 g/mol. The van der Waals surface area contributed by atoms with Crippen molar-refractivity contribution in [3.63, 3.8) is 0 Å². The third-order valence-corrected chi connectivity index (χ3v) is 12.7. The highest BCUT2D eigenvalue weighted by atomic mass is 16.8. The molecule has 4 aliphatic heterocycles. The first-order valence-corrected chi connectivity index (χ1v) is 24.4. The van der Waals surface area contributed by atoms with Crippen molar-refractivity contribution < 1.29 is 131 Å². The Hall–Kier alpha value is -6.12. The molecule has 19 unspecified atom stereocenters. The summed E-state index contributed by atoms with van der Waals surface area (Å²) >= 11 is 0. The molecule has 4 fully saturated rings. The van der Waals surface area contributed by atoms with Crippen LogP contribution < -0.4 is 0 Å². The van der Waals surface area contributed by atoms with Gasteiger partial charge in [0.05, 0.1) is 29.9 Å². The molecule has 0 aromatic heterocycles. The minimum absolute atomic E-state index is 0.0382. The van der Waals surface area contributed by atoms with Crippen LogP contribution in [0.2, 0.25) is 0 Å². The van der Waals surface area contributed by atoms with Crippen LogP contribution in [0.3, 0.4) is 0 Å². The standard InChI is InChI=1S/C51H60O27/c1-24(54)66-21-32-35(58)37(60)39(62)49(71-32)75-43-42(74-48-38(61)36(59)34(57)30(19-52)70-48)40(69-26(3)56)33(22-67-25(2)55)72-50(43)78-51(23-68-45(63)27-13-7-4-8-14-27)44(76-47(65)29-17-11-6-12-18-29)41(31(20-53)77-51)73-46(64)28-15-9-5-10-16-28/h4-18,30-44,48-50,52-53,57-62H,19-23H2,1-3H3. The number of carbonyl (C=O) groups excluding carboxylic acids is 6. The fraction of sp³-hybridized carbons (Fsp3) is 0.529. The van der Waals surface area contributed by atoms with Gasteiger partial charge in [-0.15, -0.1) is 0 Å². The quantitative estimate of drug-likeness (QED) is 0.0430. The number of hydrogen-bond donors (Lipinski definition) is 8. The van der Waals surface area contributed by atoms with Crippen molar-refractivity contribution in [1.29, 1.82) is 0 Å². The van der Waals surface area contributed by atoms with E-state index < -0.39 is 185 Å². The van der Waals surface area contributed by atoms with Crippen LogP contribution in [0.5, 0.6) is 0 Å². The predicted octanol–water partition coefficient (Wildman–Crippen LogP) is -2.44. The molecule has 4 saturated heterocycles. The number of carbonyl (C=O) groups is 6. The highest BCUT2D eigenvalue weighted by Crippen LogP contribution is 2.43. The maximum Gasteiger partial charge on any atom is 0.338 e. The molecular weight excluding hydrogens is 1040 g/mol. The van der Waals surface area contributed by atoms with Crippen LogP contribution >= 0.6 is 0 Å². The van der Waals surface area contributed by atoms with Crippen LogP contribution in [0, 0.1) is 0 Å². The van der Waals surface area contributed by atoms with E-state index in [0.717, 1.165) is 20.8 Å². The third kappa shape index (κ3) is 14.0. The minimum Gasteiger partial charge on any atom is -0.463 e. The topological polar surface area (TPSA) is 384 Å². The van der Waals surface area contributed by atoms with Gasteiger partial charge in [-0.1, -0.05) is 54.6 Å². The van der Waals surface area contributed by atoms with Crippen molar-refractivity contribution >= 4 is 35.8 Å². The number of hydrogen-bond acceptors (Lipinski definition) is 27. The van der Waals surface area contributed by atoms with E-state index in [0.29, 0.717) is 0 Å². The molecule has 0 aliphatic carbocycles. The van der Waals surface area contributed by atoms with Gasteiger partial charge in [-0.25, -0.2) is 14.4 Å². The van der Waals surface area contributed by atoms with Crippen LogP contribution in [-0.4, -0.2) is 226 Å². The molecule has 3 aromatic rings. The summed E-state index contributed by atoms with van der Waals surface area (Å²) in [4.78, 5) is 79.6. The second kappa shape index (κ2) is 26.7. The first kappa shape index (κ1) is 59.5. The molecule has 27 nitrogen and oxygen atoms in total. The van der Waals surface area contributed by atoms with E-state index in [1.165, 1.54) is 72.8 Å². The number of esters is 6. The van der Waals surface area contributed by atoms with Crippen molar-refractivity contribution in [2.24, 2.45) is 0 Å². The smallest absolute Gasteiger partial charge is 0.338 e. The van der Waals surface area contributed by atoms with Crippen molar-refractivity contribution in [2.45, 2.75) is 137 Å². The van der Waals surface area contributed by atoms with E-state index in [4.69, 9.17) is 61.6 Å². The molecule has 0 saturated carbocycles. The van der Waals surface area contributed by atoms with E-state index in [1.807, 2.05) is 0 Å². The van der Waals surface area contributed by atoms with Crippen LogP contribution in [0.15, 0.2) is 91.0 Å². The molecular formula is C51H60O27. The molecule has 0 amide bonds. The van der Waals surface area contributed by atoms with Gasteiger partial charge in [0.2, 0.25) is 5.79 Å². The molecule has 3 aromatic carbocycles. The van der Waals surface area contributed by atoms with Crippen molar-refractivity contribution in [1.82, 2.24) is 0 Å². The molecule has 0 radical (unpaired) electrons. The predicted molar refractivity (Wildman–Crippen MR) is 251 cm³/mol. The molecule has 4 heterocycles. The second-order valence-electron chi connectivity index (χ2n) is 18.3. The number of aliphatic hydroxyl groups is 8. The SMILES string of the molecule is CC(=O)OCC1OC(OC2C(OC3(COC(=O)c4ccccc4)OC(CO)C(OC(=O)c4ccccc4)C3OC(=O)c3ccccc3)OC(COC(C)=O)C(OC(C)=O)C2OC2OC(CO)C(O)C(O)C2O)C(O)C(O)C1O. The summed E-state index contributed by atoms with van der Waals surface area (Å²) in [6.45, 7) is -1.89. The molecule has 426 valence electrons. The number of rotatable bonds is 20. The fourth-order valence-corrected chi connectivity index (χ4v) is 8.86. The van der Waals surface area contributed by atoms with Gasteiger partial charge in [0.25, 0.3) is 0 Å². The maximum absolute atomic E-state index is 14.3. The molecule has 7 rings (SSSR count). The average Bonchev–Trinajstić information content (AvgIpc) is 3.94. The van der Waals surface area contributed by atoms with E-state index in [1.54, 1.807) is 18.2 Å². The molecule has 27 heteroatoms. The first-order chi connectivity index (χ1) is 37.2. The molecule has 78 heavy (non-hydrogen) atoms. The summed E-state index contributed by atoms with van der Waals surface area (Å²) in [6.07, 6.45) is -36.8. The van der Waals surface area contributed by atoms with E-state index in [2.05, 4.69) is 0 Å². The summed E-state index contributed by atoms with van der Waals surface area (Å²) in [6, 6.07) is 22.0. The maximum atomic E-state index is 14.3. The molecule has 8 N–H and O–H groups in total. The zero-order valence-electron chi connectivity index (χ0n) is 41.9. The summed E-state index contributed by atoms with van der Waals surface area (Å²) in [5, 5.41) is 87.8. The molecule has 19 atom stereocenters. The Balaban J connectivity index is 1.43. The van der Waals surface area contributed by atoms with Gasteiger partial charge in [0, 0.05) is 20.8 Å². The van der Waals surface area contributed by atoms with Gasteiger partial charge in [-0.3, -0.25) is 14.4 Å². The summed E-state index contributed by atoms with van der Waals surface area (Å²) < 4.78 is 77.7. The highest BCUT2D eigenvalue weighted by molar-refractivity contribution is 5.91. The summed E-state index contributed by atoms with van der Waals surface area (Å²) in [5.74, 6) is -9.05. The largest absolute Gasteiger partial charge is 0.463 e. The van der Waals surface area contributed by atoms with Crippen LogP contribution in [-0.2, 0) is 76.0 Å². The lowest BCUT2D eigenvalue weighted by Crippen LogP contribution is -2.69. The number of benzene rings is 3. The third-order valence-electron chi connectivity index (χ3n) is 12.7. The van der Waals surface area contributed by atoms with Gasteiger partial charge in [0.15, 0.2) is 37.2 Å². The van der Waals surface area contributed by atoms with E-state index in [9.17, 15) is 69.6 Å². The highest BCUT2D eigenvalue weighted by Gasteiger charge is 2.65. The van der Waals surface area contributed by atoms with Crippen LogP contribution in [0.1, 0.15) is 51.8 Å². The Kier molecular flexibility index (Phi) is 20.4. The lowest BCUT2D eigenvalue weighted by Gasteiger charge is -2.50. The Morgan fingerprint density at radius 2 is 0.897 bits per heavy atom. The summed E-state index contributed by atoms with van der Waals surface area (Å²) in [5.41, 5.74) is -0.186. The minimum atomic E-state index is -2.91. The number of aliphatic hydroxyl groups excluding tert-OH is 8. The Bertz CT molecular complexity index is 2480. The van der Waals surface area contributed by atoms with Crippen molar-refractivity contribution in [3.05, 3.63) is 108 Å². The van der Waals surface area contributed by atoms with Gasteiger partial charge < -0.3 is 102 Å². The lowest BCUT2D eigenvalue weighted by molar-refractivity contribution is -0.421. The zero-order chi connectivity index (χ0) is 56.4. The Morgan fingerprint density at radius 1 is 0.449 bits per heavy atom. The second-order valence-corrected chi connectivity index (χ2v) is 18.3. The zero-order valence-corrected chi connectivity index (χ0v) is 41.9. The van der Waals surface area contributed by atoms with Crippen LogP contribution in [0.4, 0.5) is 0 Å². The van der Waals surface area contributed by atoms with E-state index >= 15 is 0 Å². The van der Waals surface area contributed by atoms with Crippen LogP contribution in [0.25, 0.3) is 0 Å². The van der Waals surface area contributed by atoms with Gasteiger partial charge >= 0.3 is 35.8 Å². The fourth-order valence-electron chi connectivity index (χ4n) is 8.86. The van der Waals surface area contributed by atoms with Gasteiger partial charge in [0.1, 0.15) is 93.1 Å². The van der Waals surface area contributed by atoms with Crippen molar-refractivity contribution in [3.8, 4) is 0 Å². The molecule has 4 aliphatic rings. The Labute approximate surface area is 443 Å². The van der Waals surface area contributed by atoms with Crippen molar-refractivity contribution in [2.75, 3.05) is 33.0 Å². The molecule has 0 spiro atoms. The van der Waals surface area contributed by atoms with Gasteiger partial charge in [-0.05, 0) is 36.4 Å². The molecule has 0 bridgehead atoms. The first-order valence-electron chi connectivity index (χ1n) is 24.4. The monoisotopic (exact) mass is 1100 g/mol.